The van der Waals surface area contributed by atoms with Crippen LogP contribution in [0.3, 0.4) is 0 Å². The van der Waals surface area contributed by atoms with Crippen LogP contribution in [0.2, 0.25) is 0 Å². The lowest BCUT2D eigenvalue weighted by atomic mass is 10.1. The molecule has 5 heteroatoms. The van der Waals surface area contributed by atoms with Crippen molar-refractivity contribution >= 4 is 29.9 Å². The van der Waals surface area contributed by atoms with E-state index in [4.69, 9.17) is 4.74 Å². The molecule has 0 aromatic heterocycles. The van der Waals surface area contributed by atoms with E-state index in [1.54, 1.807) is 7.11 Å². The summed E-state index contributed by atoms with van der Waals surface area (Å²) in [7, 11) is 3.65. The number of aliphatic imine (C=N–C) groups is 1. The lowest BCUT2D eigenvalue weighted by Crippen LogP contribution is -2.40. The van der Waals surface area contributed by atoms with Gasteiger partial charge in [-0.25, -0.2) is 0 Å². The number of nitrogens with one attached hydrogen (secondary N) is 1. The molecule has 0 aromatic rings. The minimum Gasteiger partial charge on any atom is -0.384 e. The number of methoxy groups -OCH3 is 1. The Morgan fingerprint density at radius 1 is 1.47 bits per heavy atom. The van der Waals surface area contributed by atoms with Crippen molar-refractivity contribution in [2.45, 2.75) is 33.1 Å². The second-order valence-electron chi connectivity index (χ2n) is 5.57. The van der Waals surface area contributed by atoms with Gasteiger partial charge in [-0.2, -0.15) is 0 Å². The first-order valence-electron chi connectivity index (χ1n) is 7.12. The Hall–Kier alpha value is -0.0400. The molecule has 0 aliphatic carbocycles. The third-order valence-electron chi connectivity index (χ3n) is 3.44. The average molecular weight is 383 g/mol. The summed E-state index contributed by atoms with van der Waals surface area (Å²) in [5.74, 6) is 2.49. The van der Waals surface area contributed by atoms with Crippen LogP contribution in [0.25, 0.3) is 0 Å². The highest BCUT2D eigenvalue weighted by atomic mass is 127. The monoisotopic (exact) mass is 383 g/mol. The molecule has 0 amide bonds. The zero-order valence-corrected chi connectivity index (χ0v) is 15.1. The standard InChI is InChI=1S/C14H29N3O.HI/c1-12(2)6-5-8-16-14(15-3)17-9-7-13(10-17)11-18-4;/h12-13H,5-11H2,1-4H3,(H,15,16);1H. The molecule has 0 saturated carbocycles. The fourth-order valence-corrected chi connectivity index (χ4v) is 2.44. The van der Waals surface area contributed by atoms with Crippen molar-refractivity contribution in [2.24, 2.45) is 16.8 Å². The Bertz CT molecular complexity index is 259. The van der Waals surface area contributed by atoms with Gasteiger partial charge in [0, 0.05) is 39.7 Å². The summed E-state index contributed by atoms with van der Waals surface area (Å²) >= 11 is 0. The van der Waals surface area contributed by atoms with E-state index < -0.39 is 0 Å². The van der Waals surface area contributed by atoms with Crippen molar-refractivity contribution < 1.29 is 4.74 Å². The van der Waals surface area contributed by atoms with Crippen LogP contribution in [-0.2, 0) is 4.74 Å². The number of hydrogen-bond acceptors (Lipinski definition) is 2. The third-order valence-corrected chi connectivity index (χ3v) is 3.44. The van der Waals surface area contributed by atoms with Crippen LogP contribution in [0.5, 0.6) is 0 Å². The number of halogens is 1. The molecule has 1 fully saturated rings. The SMILES string of the molecule is CN=C(NCCCC(C)C)N1CCC(COC)C1.I. The van der Waals surface area contributed by atoms with Gasteiger partial charge >= 0.3 is 0 Å². The van der Waals surface area contributed by atoms with Crippen molar-refractivity contribution in [3.05, 3.63) is 0 Å². The highest BCUT2D eigenvalue weighted by Gasteiger charge is 2.24. The molecule has 114 valence electrons. The molecular weight excluding hydrogens is 353 g/mol. The average Bonchev–Trinajstić information content (AvgIpc) is 2.78. The number of rotatable bonds is 6. The Labute approximate surface area is 135 Å². The summed E-state index contributed by atoms with van der Waals surface area (Å²) in [4.78, 5) is 6.72. The number of ether oxygens (including phenoxy) is 1. The predicted octanol–water partition coefficient (Wildman–Crippen LogP) is 2.58. The number of likely N-dealkylation sites (tertiary alicyclic amines) is 1. The molecule has 1 aliphatic rings. The lowest BCUT2D eigenvalue weighted by Gasteiger charge is -2.21. The van der Waals surface area contributed by atoms with Gasteiger partial charge in [0.1, 0.15) is 0 Å². The van der Waals surface area contributed by atoms with E-state index in [0.717, 1.165) is 38.1 Å². The zero-order valence-electron chi connectivity index (χ0n) is 12.8. The smallest absolute Gasteiger partial charge is 0.193 e. The minimum absolute atomic E-state index is 0. The van der Waals surface area contributed by atoms with Crippen LogP contribution < -0.4 is 5.32 Å². The number of nitrogens with zero attached hydrogens (tertiary/aromatic N) is 2. The topological polar surface area (TPSA) is 36.9 Å². The van der Waals surface area contributed by atoms with Gasteiger partial charge in [-0.1, -0.05) is 13.8 Å². The van der Waals surface area contributed by atoms with Gasteiger partial charge in [-0.3, -0.25) is 4.99 Å². The van der Waals surface area contributed by atoms with Crippen LogP contribution in [-0.4, -0.2) is 51.3 Å². The fourth-order valence-electron chi connectivity index (χ4n) is 2.44. The van der Waals surface area contributed by atoms with E-state index in [2.05, 4.69) is 29.1 Å². The largest absolute Gasteiger partial charge is 0.384 e. The summed E-state index contributed by atoms with van der Waals surface area (Å²) < 4.78 is 5.23. The van der Waals surface area contributed by atoms with Gasteiger partial charge in [0.25, 0.3) is 0 Å². The van der Waals surface area contributed by atoms with Gasteiger partial charge in [0.2, 0.25) is 0 Å². The van der Waals surface area contributed by atoms with Crippen molar-refractivity contribution in [2.75, 3.05) is 40.4 Å². The maximum Gasteiger partial charge on any atom is 0.193 e. The maximum absolute atomic E-state index is 5.23. The summed E-state index contributed by atoms with van der Waals surface area (Å²) in [6.45, 7) is 8.59. The first-order chi connectivity index (χ1) is 8.67. The highest BCUT2D eigenvalue weighted by molar-refractivity contribution is 14.0. The molecule has 1 saturated heterocycles. The van der Waals surface area contributed by atoms with Gasteiger partial charge in [0.05, 0.1) is 6.61 Å². The molecule has 0 aromatic carbocycles. The first-order valence-corrected chi connectivity index (χ1v) is 7.12. The lowest BCUT2D eigenvalue weighted by molar-refractivity contribution is 0.157. The Balaban J connectivity index is 0.00000324. The van der Waals surface area contributed by atoms with Gasteiger partial charge < -0.3 is 15.0 Å². The number of guanidine groups is 1. The molecule has 1 N–H and O–H groups in total. The highest BCUT2D eigenvalue weighted by Crippen LogP contribution is 2.16. The summed E-state index contributed by atoms with van der Waals surface area (Å²) in [5.41, 5.74) is 0. The van der Waals surface area contributed by atoms with Crippen LogP contribution in [0, 0.1) is 11.8 Å². The Morgan fingerprint density at radius 3 is 2.79 bits per heavy atom. The van der Waals surface area contributed by atoms with Crippen molar-refractivity contribution in [1.29, 1.82) is 0 Å². The molecule has 0 spiro atoms. The molecule has 1 aliphatic heterocycles. The quantitative estimate of drug-likeness (QED) is 0.332. The van der Waals surface area contributed by atoms with E-state index in [-0.39, 0.29) is 24.0 Å². The molecule has 4 nitrogen and oxygen atoms in total. The van der Waals surface area contributed by atoms with E-state index >= 15 is 0 Å². The van der Waals surface area contributed by atoms with Gasteiger partial charge in [-0.05, 0) is 25.2 Å². The Morgan fingerprint density at radius 2 is 2.21 bits per heavy atom. The normalized spacial score (nSPS) is 19.7. The van der Waals surface area contributed by atoms with Gasteiger partial charge in [0.15, 0.2) is 5.96 Å². The number of hydrogen-bond donors (Lipinski definition) is 1. The van der Waals surface area contributed by atoms with Crippen LogP contribution in [0.1, 0.15) is 33.1 Å². The summed E-state index contributed by atoms with van der Waals surface area (Å²) in [5, 5.41) is 3.46. The molecular formula is C14H30IN3O. The molecule has 0 radical (unpaired) electrons. The van der Waals surface area contributed by atoms with Crippen LogP contribution in [0.15, 0.2) is 4.99 Å². The van der Waals surface area contributed by atoms with Gasteiger partial charge in [-0.15, -0.1) is 24.0 Å². The zero-order chi connectivity index (χ0) is 13.4. The van der Waals surface area contributed by atoms with Crippen molar-refractivity contribution in [3.8, 4) is 0 Å². The molecule has 0 bridgehead atoms. The second-order valence-corrected chi connectivity index (χ2v) is 5.57. The second kappa shape index (κ2) is 10.7. The third kappa shape index (κ3) is 7.34. The van der Waals surface area contributed by atoms with E-state index in [9.17, 15) is 0 Å². The van der Waals surface area contributed by atoms with E-state index in [1.807, 2.05) is 7.05 Å². The molecule has 1 atom stereocenters. The van der Waals surface area contributed by atoms with Crippen molar-refractivity contribution in [3.63, 3.8) is 0 Å². The molecule has 1 rings (SSSR count). The van der Waals surface area contributed by atoms with E-state index in [0.29, 0.717) is 5.92 Å². The maximum atomic E-state index is 5.23. The summed E-state index contributed by atoms with van der Waals surface area (Å²) in [6.07, 6.45) is 3.70. The minimum atomic E-state index is 0. The molecule has 19 heavy (non-hydrogen) atoms. The summed E-state index contributed by atoms with van der Waals surface area (Å²) in [6, 6.07) is 0. The van der Waals surface area contributed by atoms with Crippen molar-refractivity contribution in [1.82, 2.24) is 10.2 Å². The Kier molecular flexibility index (Phi) is 10.7. The molecule has 1 unspecified atom stereocenters. The first kappa shape index (κ1) is 19.0. The van der Waals surface area contributed by atoms with E-state index in [1.165, 1.54) is 19.3 Å². The van der Waals surface area contributed by atoms with Crippen LogP contribution in [0.4, 0.5) is 0 Å². The molecule has 1 heterocycles. The van der Waals surface area contributed by atoms with Crippen LogP contribution >= 0.6 is 24.0 Å². The fraction of sp³-hybridized carbons (Fsp3) is 0.929. The predicted molar refractivity (Wildman–Crippen MR) is 92.4 cm³/mol.